The molecule has 0 atom stereocenters. The number of hydrogen-bond donors (Lipinski definition) is 0. The Morgan fingerprint density at radius 2 is 1.87 bits per heavy atom. The van der Waals surface area contributed by atoms with Crippen LogP contribution in [0, 0.1) is 0 Å². The second-order valence-corrected chi connectivity index (χ2v) is 8.47. The molecular formula is C11H16AlO2P. The summed E-state index contributed by atoms with van der Waals surface area (Å²) in [5, 5.41) is 1.13. The molecule has 0 aliphatic heterocycles. The van der Waals surface area contributed by atoms with Gasteiger partial charge in [-0.1, -0.05) is 37.7 Å². The Morgan fingerprint density at radius 1 is 1.27 bits per heavy atom. The minimum Gasteiger partial charge on any atom is -0.613 e. The van der Waals surface area contributed by atoms with Crippen LogP contribution in [0.4, 0.5) is 0 Å². The number of carbonyl (C=O) groups is 1. The van der Waals surface area contributed by atoms with Gasteiger partial charge in [0.25, 0.3) is 0 Å². The summed E-state index contributed by atoms with van der Waals surface area (Å²) >= 11 is -1.29. The van der Waals surface area contributed by atoms with Gasteiger partial charge in [0.2, 0.25) is 0 Å². The lowest BCUT2D eigenvalue weighted by Gasteiger charge is -2.13. The maximum atomic E-state index is 11.8. The molecule has 0 radical (unpaired) electrons. The summed E-state index contributed by atoms with van der Waals surface area (Å²) < 4.78 is 5.34. The smallest absolute Gasteiger partial charge is 0.542 e. The Balaban J connectivity index is 2.97. The fraction of sp³-hybridized carbons (Fsp3) is 0.364. The Bertz CT molecular complexity index is 350. The van der Waals surface area contributed by atoms with Crippen LogP contribution in [0.15, 0.2) is 24.3 Å². The first-order valence-electron chi connectivity index (χ1n) is 4.99. The first-order chi connectivity index (χ1) is 7.02. The summed E-state index contributed by atoms with van der Waals surface area (Å²) in [6, 6.07) is 7.74. The molecule has 0 bridgehead atoms. The van der Waals surface area contributed by atoms with Crippen molar-refractivity contribution in [3.8, 4) is 0 Å². The second kappa shape index (κ2) is 5.66. The highest BCUT2D eigenvalue weighted by Crippen LogP contribution is 2.25. The summed E-state index contributed by atoms with van der Waals surface area (Å²) in [6.45, 7) is 4.29. The van der Waals surface area contributed by atoms with Crippen LogP contribution in [0.25, 0.3) is 0 Å². The fourth-order valence-corrected chi connectivity index (χ4v) is 2.90. The maximum absolute atomic E-state index is 11.8. The molecule has 0 aromatic heterocycles. The molecule has 4 heteroatoms. The molecule has 0 spiro atoms. The largest absolute Gasteiger partial charge is 0.613 e. The molecule has 0 heterocycles. The highest BCUT2D eigenvalue weighted by molar-refractivity contribution is 7.64. The normalized spacial score (nSPS) is 10.2. The van der Waals surface area contributed by atoms with Crippen molar-refractivity contribution in [2.75, 3.05) is 13.3 Å². The summed E-state index contributed by atoms with van der Waals surface area (Å²) in [5.74, 6) is 3.85. The van der Waals surface area contributed by atoms with Gasteiger partial charge in [0, 0.05) is 0 Å². The molecule has 0 aliphatic rings. The van der Waals surface area contributed by atoms with Crippen molar-refractivity contribution >= 4 is 33.7 Å². The summed E-state index contributed by atoms with van der Waals surface area (Å²) in [4.78, 5) is 11.8. The molecule has 0 amide bonds. The van der Waals surface area contributed by atoms with E-state index in [2.05, 4.69) is 13.3 Å². The first-order valence-corrected chi connectivity index (χ1v) is 10.0. The average molecular weight is 238 g/mol. The molecule has 80 valence electrons. The van der Waals surface area contributed by atoms with Crippen molar-refractivity contribution in [3.05, 3.63) is 29.8 Å². The third-order valence-corrected chi connectivity index (χ3v) is 3.99. The van der Waals surface area contributed by atoms with Gasteiger partial charge in [-0.25, -0.2) is 4.79 Å². The van der Waals surface area contributed by atoms with Crippen molar-refractivity contribution in [1.82, 2.24) is 0 Å². The molecule has 0 N–H and O–H groups in total. The van der Waals surface area contributed by atoms with Gasteiger partial charge in [0.15, 0.2) is 0 Å². The average Bonchev–Trinajstić information content (AvgIpc) is 2.16. The summed E-state index contributed by atoms with van der Waals surface area (Å²) in [6.07, 6.45) is 0. The fourth-order valence-electron chi connectivity index (χ4n) is 1.31. The zero-order valence-electron chi connectivity index (χ0n) is 9.65. The molecule has 0 saturated carbocycles. The van der Waals surface area contributed by atoms with Crippen LogP contribution in [0.2, 0.25) is 11.6 Å². The van der Waals surface area contributed by atoms with Gasteiger partial charge in [-0.3, -0.25) is 0 Å². The zero-order chi connectivity index (χ0) is 11.4. The van der Waals surface area contributed by atoms with E-state index >= 15 is 0 Å². The third kappa shape index (κ3) is 3.61. The number of hydrogen-bond acceptors (Lipinski definition) is 2. The topological polar surface area (TPSA) is 26.3 Å². The quantitative estimate of drug-likeness (QED) is 0.597. The van der Waals surface area contributed by atoms with Crippen LogP contribution in [0.1, 0.15) is 10.4 Å². The van der Waals surface area contributed by atoms with Gasteiger partial charge < -0.3 is 3.79 Å². The van der Waals surface area contributed by atoms with Crippen LogP contribution in [0.5, 0.6) is 0 Å². The lowest BCUT2D eigenvalue weighted by atomic mass is 10.2. The van der Waals surface area contributed by atoms with E-state index in [1.165, 1.54) is 0 Å². The minimum absolute atomic E-state index is 0.150. The highest BCUT2D eigenvalue weighted by atomic mass is 31.1. The minimum atomic E-state index is -1.29. The first kappa shape index (κ1) is 12.7. The van der Waals surface area contributed by atoms with Crippen molar-refractivity contribution in [1.29, 1.82) is 0 Å². The van der Waals surface area contributed by atoms with Crippen LogP contribution in [-0.4, -0.2) is 33.8 Å². The second-order valence-electron chi connectivity index (χ2n) is 3.87. The standard InChI is InChI=1S/C9H11O2P.2CH3.Al/c1-12(2)8-6-4-3-5-7(8)9(10)11;;;/h3-6H,1-2H3,(H,10,11);2*1H3;/q;;;+1/p-1. The molecule has 1 aromatic rings. The monoisotopic (exact) mass is 238 g/mol. The molecular weight excluding hydrogens is 222 g/mol. The Morgan fingerprint density at radius 3 is 2.40 bits per heavy atom. The van der Waals surface area contributed by atoms with E-state index < -0.39 is 14.5 Å². The Hall–Kier alpha value is -0.348. The Kier molecular flexibility index (Phi) is 4.80. The molecule has 2 nitrogen and oxygen atoms in total. The predicted molar refractivity (Wildman–Crippen MR) is 67.7 cm³/mol. The molecule has 15 heavy (non-hydrogen) atoms. The van der Waals surface area contributed by atoms with E-state index in [0.29, 0.717) is 0 Å². The molecule has 0 unspecified atom stereocenters. The predicted octanol–water partition coefficient (Wildman–Crippen LogP) is 2.46. The SMILES string of the molecule is [CH3][Al]([CH3])[O]C(=O)c1ccccc1P(C)C. The number of rotatable bonds is 3. The van der Waals surface area contributed by atoms with E-state index in [-0.39, 0.29) is 13.9 Å². The van der Waals surface area contributed by atoms with Crippen LogP contribution >= 0.6 is 7.92 Å². The van der Waals surface area contributed by atoms with Gasteiger partial charge in [-0.2, -0.15) is 0 Å². The van der Waals surface area contributed by atoms with Gasteiger partial charge >= 0.3 is 20.5 Å². The van der Waals surface area contributed by atoms with Gasteiger partial charge in [-0.15, -0.1) is 0 Å². The molecule has 0 fully saturated rings. The van der Waals surface area contributed by atoms with Gasteiger partial charge in [0.1, 0.15) is 0 Å². The van der Waals surface area contributed by atoms with Gasteiger partial charge in [-0.05, 0) is 24.7 Å². The molecule has 0 aliphatic carbocycles. The zero-order valence-corrected chi connectivity index (χ0v) is 11.7. The highest BCUT2D eigenvalue weighted by Gasteiger charge is 2.17. The number of carbonyl (C=O) groups excluding carboxylic acids is 1. The summed E-state index contributed by atoms with van der Waals surface area (Å²) in [5.41, 5.74) is 0.745. The van der Waals surface area contributed by atoms with E-state index in [1.807, 2.05) is 35.8 Å². The Labute approximate surface area is 97.1 Å². The van der Waals surface area contributed by atoms with Crippen molar-refractivity contribution in [3.63, 3.8) is 0 Å². The molecule has 0 saturated heterocycles. The van der Waals surface area contributed by atoms with Crippen LogP contribution in [-0.2, 0) is 3.79 Å². The van der Waals surface area contributed by atoms with Crippen molar-refractivity contribution in [2.24, 2.45) is 0 Å². The molecule has 1 rings (SSSR count). The van der Waals surface area contributed by atoms with Crippen molar-refractivity contribution in [2.45, 2.75) is 11.6 Å². The third-order valence-electron chi connectivity index (χ3n) is 1.95. The van der Waals surface area contributed by atoms with Crippen molar-refractivity contribution < 1.29 is 8.58 Å². The van der Waals surface area contributed by atoms with Gasteiger partial charge in [0.05, 0.1) is 5.56 Å². The van der Waals surface area contributed by atoms with E-state index in [9.17, 15) is 4.79 Å². The van der Waals surface area contributed by atoms with E-state index in [1.54, 1.807) is 0 Å². The molecule has 1 aromatic carbocycles. The number of benzene rings is 1. The van der Waals surface area contributed by atoms with Crippen LogP contribution in [0.3, 0.4) is 0 Å². The van der Waals surface area contributed by atoms with E-state index in [4.69, 9.17) is 3.79 Å². The lowest BCUT2D eigenvalue weighted by Crippen LogP contribution is -2.21. The summed E-state index contributed by atoms with van der Waals surface area (Å²) in [7, 11) is -0.259. The van der Waals surface area contributed by atoms with Crippen LogP contribution < -0.4 is 5.30 Å². The van der Waals surface area contributed by atoms with E-state index in [0.717, 1.165) is 10.9 Å². The maximum Gasteiger partial charge on any atom is 0.542 e. The lowest BCUT2D eigenvalue weighted by molar-refractivity contribution is 0.0736.